The van der Waals surface area contributed by atoms with Gasteiger partial charge < -0.3 is 25.2 Å². The summed E-state index contributed by atoms with van der Waals surface area (Å²) in [5, 5.41) is 38.5. The molecule has 0 amide bonds. The molecular weight excluding hydrogens is 300 g/mol. The van der Waals surface area contributed by atoms with E-state index in [1.54, 1.807) is 6.92 Å². The topological polar surface area (TPSA) is 107 Å². The second kappa shape index (κ2) is 6.91. The molecule has 2 aromatic rings. The summed E-state index contributed by atoms with van der Waals surface area (Å²) in [5.74, 6) is -1.31. The van der Waals surface area contributed by atoms with E-state index in [4.69, 9.17) is 4.74 Å². The number of carbonyl (C=O) groups excluding carboxylic acids is 1. The first-order valence-electron chi connectivity index (χ1n) is 7.14. The third-order valence-corrected chi connectivity index (χ3v) is 3.31. The minimum Gasteiger partial charge on any atom is -0.508 e. The Labute approximate surface area is 133 Å². The lowest BCUT2D eigenvalue weighted by Gasteiger charge is -2.12. The molecule has 122 valence electrons. The fraction of sp³-hybridized carbons (Fsp3) is 0.235. The molecule has 0 spiro atoms. The number of aromatic hydroxyl groups is 4. The van der Waals surface area contributed by atoms with Gasteiger partial charge in [-0.15, -0.1) is 0 Å². The van der Waals surface area contributed by atoms with Crippen LogP contribution in [0.25, 0.3) is 0 Å². The quantitative estimate of drug-likeness (QED) is 0.631. The van der Waals surface area contributed by atoms with E-state index in [9.17, 15) is 25.2 Å². The second-order valence-electron chi connectivity index (χ2n) is 5.08. The van der Waals surface area contributed by atoms with Crippen LogP contribution in [0.4, 0.5) is 0 Å². The van der Waals surface area contributed by atoms with Crippen LogP contribution < -0.4 is 0 Å². The van der Waals surface area contributed by atoms with Crippen molar-refractivity contribution >= 4 is 5.97 Å². The van der Waals surface area contributed by atoms with E-state index in [1.165, 1.54) is 24.3 Å². The van der Waals surface area contributed by atoms with Crippen molar-refractivity contribution in [2.45, 2.75) is 19.8 Å². The Morgan fingerprint density at radius 2 is 1.52 bits per heavy atom. The zero-order valence-electron chi connectivity index (χ0n) is 12.6. The second-order valence-corrected chi connectivity index (χ2v) is 5.08. The summed E-state index contributed by atoms with van der Waals surface area (Å²) in [6.07, 6.45) is 0.691. The van der Waals surface area contributed by atoms with Gasteiger partial charge in [0.2, 0.25) is 0 Å². The van der Waals surface area contributed by atoms with Crippen LogP contribution in [0, 0.1) is 0 Å². The monoisotopic (exact) mass is 318 g/mol. The van der Waals surface area contributed by atoms with Gasteiger partial charge in [0.05, 0.1) is 6.61 Å². The lowest BCUT2D eigenvalue weighted by molar-refractivity contribution is 0.0521. The number of carbonyl (C=O) groups is 1. The van der Waals surface area contributed by atoms with Crippen LogP contribution in [0.5, 0.6) is 23.0 Å². The molecule has 6 nitrogen and oxygen atoms in total. The maximum absolute atomic E-state index is 12.0. The number of esters is 1. The van der Waals surface area contributed by atoms with Gasteiger partial charge in [0.1, 0.15) is 28.6 Å². The first-order chi connectivity index (χ1) is 10.9. The van der Waals surface area contributed by atoms with E-state index in [-0.39, 0.29) is 35.2 Å². The van der Waals surface area contributed by atoms with Crippen molar-refractivity contribution < 1.29 is 30.0 Å². The van der Waals surface area contributed by atoms with Gasteiger partial charge in [-0.2, -0.15) is 0 Å². The minimum atomic E-state index is -0.668. The Kier molecular flexibility index (Phi) is 4.95. The number of rotatable bonds is 5. The molecule has 0 aliphatic carbocycles. The van der Waals surface area contributed by atoms with Crippen LogP contribution in [0.1, 0.15) is 28.4 Å². The van der Waals surface area contributed by atoms with Gasteiger partial charge in [-0.3, -0.25) is 0 Å². The summed E-state index contributed by atoms with van der Waals surface area (Å²) in [6, 6.07) is 6.66. The smallest absolute Gasteiger partial charge is 0.342 e. The standard InChI is InChI=1S/C17H18O6/c1-2-23-17(22)16-11(7-14(20)9-15(16)21)4-3-10-5-12(18)8-13(19)6-10/h5-9,18-21H,2-4H2,1H3. The molecule has 4 N–H and O–H groups in total. The van der Waals surface area contributed by atoms with Gasteiger partial charge in [0.15, 0.2) is 0 Å². The van der Waals surface area contributed by atoms with Crippen molar-refractivity contribution in [2.75, 3.05) is 6.61 Å². The van der Waals surface area contributed by atoms with E-state index in [1.807, 2.05) is 0 Å². The first kappa shape index (κ1) is 16.5. The van der Waals surface area contributed by atoms with Gasteiger partial charge in [0, 0.05) is 12.1 Å². The summed E-state index contributed by atoms with van der Waals surface area (Å²) in [4.78, 5) is 12.0. The highest BCUT2D eigenvalue weighted by Gasteiger charge is 2.19. The van der Waals surface area contributed by atoms with Crippen LogP contribution in [-0.4, -0.2) is 33.0 Å². The highest BCUT2D eigenvalue weighted by molar-refractivity contribution is 5.94. The molecule has 0 heterocycles. The van der Waals surface area contributed by atoms with Crippen molar-refractivity contribution in [3.63, 3.8) is 0 Å². The van der Waals surface area contributed by atoms with E-state index >= 15 is 0 Å². The molecule has 0 aromatic heterocycles. The van der Waals surface area contributed by atoms with Gasteiger partial charge in [-0.1, -0.05) is 0 Å². The summed E-state index contributed by atoms with van der Waals surface area (Å²) in [5.41, 5.74) is 1.08. The van der Waals surface area contributed by atoms with E-state index in [2.05, 4.69) is 0 Å². The van der Waals surface area contributed by atoms with Crippen molar-refractivity contribution in [1.29, 1.82) is 0 Å². The molecule has 0 fully saturated rings. The van der Waals surface area contributed by atoms with Crippen LogP contribution in [-0.2, 0) is 17.6 Å². The summed E-state index contributed by atoms with van der Waals surface area (Å²) >= 11 is 0. The largest absolute Gasteiger partial charge is 0.508 e. The summed E-state index contributed by atoms with van der Waals surface area (Å²) in [7, 11) is 0. The Hall–Kier alpha value is -2.89. The van der Waals surface area contributed by atoms with Gasteiger partial charge in [-0.25, -0.2) is 4.79 Å². The zero-order valence-corrected chi connectivity index (χ0v) is 12.6. The number of phenolic OH excluding ortho intramolecular Hbond substituents is 4. The molecule has 0 saturated carbocycles. The highest BCUT2D eigenvalue weighted by Crippen LogP contribution is 2.29. The van der Waals surface area contributed by atoms with Crippen LogP contribution >= 0.6 is 0 Å². The summed E-state index contributed by atoms with van der Waals surface area (Å²) in [6.45, 7) is 1.82. The average molecular weight is 318 g/mol. The Morgan fingerprint density at radius 1 is 0.913 bits per heavy atom. The van der Waals surface area contributed by atoms with E-state index < -0.39 is 5.97 Å². The number of aryl methyl sites for hydroxylation is 2. The molecule has 0 atom stereocenters. The fourth-order valence-corrected chi connectivity index (χ4v) is 2.38. The first-order valence-corrected chi connectivity index (χ1v) is 7.14. The van der Waals surface area contributed by atoms with Crippen molar-refractivity contribution in [1.82, 2.24) is 0 Å². The highest BCUT2D eigenvalue weighted by atomic mass is 16.5. The van der Waals surface area contributed by atoms with E-state index in [0.29, 0.717) is 24.0 Å². The molecular formula is C17H18O6. The minimum absolute atomic E-state index is 0.00836. The van der Waals surface area contributed by atoms with Crippen LogP contribution in [0.15, 0.2) is 30.3 Å². The number of ether oxygens (including phenoxy) is 1. The van der Waals surface area contributed by atoms with Crippen LogP contribution in [0.2, 0.25) is 0 Å². The molecule has 0 aliphatic rings. The van der Waals surface area contributed by atoms with Gasteiger partial charge in [-0.05, 0) is 49.1 Å². The fourth-order valence-electron chi connectivity index (χ4n) is 2.38. The molecule has 0 aliphatic heterocycles. The third-order valence-electron chi connectivity index (χ3n) is 3.31. The number of hydrogen-bond acceptors (Lipinski definition) is 6. The maximum atomic E-state index is 12.0. The molecule has 0 bridgehead atoms. The number of phenols is 4. The lowest BCUT2D eigenvalue weighted by Crippen LogP contribution is -2.09. The van der Waals surface area contributed by atoms with Crippen molar-refractivity contribution in [3.05, 3.63) is 47.0 Å². The number of hydrogen-bond donors (Lipinski definition) is 4. The third kappa shape index (κ3) is 4.06. The van der Waals surface area contributed by atoms with Crippen molar-refractivity contribution in [3.8, 4) is 23.0 Å². The molecule has 0 saturated heterocycles. The molecule has 23 heavy (non-hydrogen) atoms. The maximum Gasteiger partial charge on any atom is 0.342 e. The Balaban J connectivity index is 2.29. The Morgan fingerprint density at radius 3 is 2.13 bits per heavy atom. The average Bonchev–Trinajstić information content (AvgIpc) is 2.43. The molecule has 6 heteroatoms. The summed E-state index contributed by atoms with van der Waals surface area (Å²) < 4.78 is 4.92. The molecule has 0 unspecified atom stereocenters. The van der Waals surface area contributed by atoms with Crippen LogP contribution in [0.3, 0.4) is 0 Å². The van der Waals surface area contributed by atoms with E-state index in [0.717, 1.165) is 6.07 Å². The lowest BCUT2D eigenvalue weighted by atomic mass is 9.98. The Bertz CT molecular complexity index is 703. The molecule has 2 rings (SSSR count). The van der Waals surface area contributed by atoms with Crippen molar-refractivity contribution in [2.24, 2.45) is 0 Å². The van der Waals surface area contributed by atoms with Gasteiger partial charge in [0.25, 0.3) is 0 Å². The predicted molar refractivity (Wildman–Crippen MR) is 82.9 cm³/mol. The van der Waals surface area contributed by atoms with Gasteiger partial charge >= 0.3 is 5.97 Å². The molecule has 0 radical (unpaired) electrons. The SMILES string of the molecule is CCOC(=O)c1c(O)cc(O)cc1CCc1cc(O)cc(O)c1. The normalized spacial score (nSPS) is 10.5. The zero-order chi connectivity index (χ0) is 17.0. The molecule has 2 aromatic carbocycles. The predicted octanol–water partition coefficient (Wildman–Crippen LogP) is 2.47. The number of benzene rings is 2.